The SMILES string of the molecule is CCC(NC)C1CCCC(C(F)(F)F)C1. The Kier molecular flexibility index (Phi) is 4.44. The number of halogens is 3. The summed E-state index contributed by atoms with van der Waals surface area (Å²) in [7, 11) is 1.84. The van der Waals surface area contributed by atoms with Crippen molar-refractivity contribution in [3.05, 3.63) is 0 Å². The van der Waals surface area contributed by atoms with Crippen molar-refractivity contribution in [1.29, 1.82) is 0 Å². The van der Waals surface area contributed by atoms with E-state index < -0.39 is 12.1 Å². The van der Waals surface area contributed by atoms with Gasteiger partial charge in [-0.15, -0.1) is 0 Å². The summed E-state index contributed by atoms with van der Waals surface area (Å²) in [6, 6.07) is 0.246. The van der Waals surface area contributed by atoms with Gasteiger partial charge in [-0.05, 0) is 38.6 Å². The Balaban J connectivity index is 2.55. The molecule has 1 nitrogen and oxygen atoms in total. The fourth-order valence-electron chi connectivity index (χ4n) is 2.66. The van der Waals surface area contributed by atoms with Gasteiger partial charge in [0.15, 0.2) is 0 Å². The molecule has 0 amide bonds. The van der Waals surface area contributed by atoms with E-state index in [9.17, 15) is 13.2 Å². The van der Waals surface area contributed by atoms with Crippen LogP contribution in [0.25, 0.3) is 0 Å². The molecule has 1 saturated carbocycles. The highest BCUT2D eigenvalue weighted by atomic mass is 19.4. The highest BCUT2D eigenvalue weighted by Gasteiger charge is 2.43. The molecule has 4 heteroatoms. The van der Waals surface area contributed by atoms with Crippen molar-refractivity contribution in [2.24, 2.45) is 11.8 Å². The molecule has 0 bridgehead atoms. The van der Waals surface area contributed by atoms with Gasteiger partial charge >= 0.3 is 6.18 Å². The molecule has 15 heavy (non-hydrogen) atoms. The fourth-order valence-corrected chi connectivity index (χ4v) is 2.66. The molecule has 1 rings (SSSR count). The maximum Gasteiger partial charge on any atom is 0.391 e. The second-order valence-corrected chi connectivity index (χ2v) is 4.47. The number of nitrogens with one attached hydrogen (secondary N) is 1. The maximum absolute atomic E-state index is 12.6. The summed E-state index contributed by atoms with van der Waals surface area (Å²) in [6.45, 7) is 2.03. The summed E-state index contributed by atoms with van der Waals surface area (Å²) < 4.78 is 37.7. The van der Waals surface area contributed by atoms with Gasteiger partial charge in [0.2, 0.25) is 0 Å². The highest BCUT2D eigenvalue weighted by Crippen LogP contribution is 2.41. The summed E-state index contributed by atoms with van der Waals surface area (Å²) in [5.74, 6) is -0.876. The lowest BCUT2D eigenvalue weighted by molar-refractivity contribution is -0.186. The summed E-state index contributed by atoms with van der Waals surface area (Å²) in [4.78, 5) is 0. The molecule has 1 aliphatic rings. The van der Waals surface area contributed by atoms with Gasteiger partial charge in [0, 0.05) is 6.04 Å². The summed E-state index contributed by atoms with van der Waals surface area (Å²) >= 11 is 0. The molecule has 0 radical (unpaired) electrons. The molecule has 0 aromatic heterocycles. The van der Waals surface area contributed by atoms with E-state index in [2.05, 4.69) is 5.32 Å². The van der Waals surface area contributed by atoms with Crippen molar-refractivity contribution in [2.75, 3.05) is 7.05 Å². The van der Waals surface area contributed by atoms with Crippen molar-refractivity contribution in [3.63, 3.8) is 0 Å². The second kappa shape index (κ2) is 5.19. The monoisotopic (exact) mass is 223 g/mol. The van der Waals surface area contributed by atoms with Crippen LogP contribution in [-0.2, 0) is 0 Å². The molecule has 0 spiro atoms. The van der Waals surface area contributed by atoms with Crippen LogP contribution >= 0.6 is 0 Å². The third kappa shape index (κ3) is 3.37. The van der Waals surface area contributed by atoms with Gasteiger partial charge in [-0.25, -0.2) is 0 Å². The van der Waals surface area contributed by atoms with E-state index in [0.29, 0.717) is 19.3 Å². The molecule has 0 heterocycles. The molecule has 1 aliphatic carbocycles. The highest BCUT2D eigenvalue weighted by molar-refractivity contribution is 4.83. The molecule has 0 aromatic carbocycles. The first-order valence-corrected chi connectivity index (χ1v) is 5.73. The predicted molar refractivity (Wildman–Crippen MR) is 54.6 cm³/mol. The Morgan fingerprint density at radius 1 is 1.33 bits per heavy atom. The zero-order valence-electron chi connectivity index (χ0n) is 9.40. The van der Waals surface area contributed by atoms with Gasteiger partial charge in [-0.1, -0.05) is 13.3 Å². The standard InChI is InChI=1S/C11H20F3N/c1-3-10(15-2)8-5-4-6-9(7-8)11(12,13)14/h8-10,15H,3-7H2,1-2H3. The molecule has 1 fully saturated rings. The van der Waals surface area contributed by atoms with E-state index >= 15 is 0 Å². The quantitative estimate of drug-likeness (QED) is 0.773. The van der Waals surface area contributed by atoms with Gasteiger partial charge in [0.1, 0.15) is 0 Å². The van der Waals surface area contributed by atoms with Crippen molar-refractivity contribution >= 4 is 0 Å². The largest absolute Gasteiger partial charge is 0.391 e. The van der Waals surface area contributed by atoms with Crippen LogP contribution < -0.4 is 5.32 Å². The minimum absolute atomic E-state index is 0.195. The third-order valence-electron chi connectivity index (χ3n) is 3.56. The minimum Gasteiger partial charge on any atom is -0.317 e. The van der Waals surface area contributed by atoms with Crippen LogP contribution in [0.4, 0.5) is 13.2 Å². The van der Waals surface area contributed by atoms with E-state index in [0.717, 1.165) is 12.8 Å². The van der Waals surface area contributed by atoms with Crippen LogP contribution in [0, 0.1) is 11.8 Å². The normalized spacial score (nSPS) is 30.2. The van der Waals surface area contributed by atoms with Gasteiger partial charge < -0.3 is 5.32 Å². The van der Waals surface area contributed by atoms with E-state index in [1.807, 2.05) is 14.0 Å². The van der Waals surface area contributed by atoms with Crippen LogP contribution in [0.2, 0.25) is 0 Å². The smallest absolute Gasteiger partial charge is 0.317 e. The molecule has 0 saturated heterocycles. The number of rotatable bonds is 3. The zero-order valence-corrected chi connectivity index (χ0v) is 9.40. The Bertz CT molecular complexity index is 187. The molecule has 0 aliphatic heterocycles. The number of hydrogen-bond donors (Lipinski definition) is 1. The lowest BCUT2D eigenvalue weighted by Crippen LogP contribution is -2.39. The summed E-state index contributed by atoms with van der Waals surface area (Å²) in [6.07, 6.45) is -0.807. The second-order valence-electron chi connectivity index (χ2n) is 4.47. The predicted octanol–water partition coefficient (Wildman–Crippen LogP) is 3.35. The first-order valence-electron chi connectivity index (χ1n) is 5.73. The summed E-state index contributed by atoms with van der Waals surface area (Å²) in [5.41, 5.74) is 0. The maximum atomic E-state index is 12.6. The molecular weight excluding hydrogens is 203 g/mol. The van der Waals surface area contributed by atoms with Crippen molar-refractivity contribution in [3.8, 4) is 0 Å². The summed E-state index contributed by atoms with van der Waals surface area (Å²) in [5, 5.41) is 3.13. The van der Waals surface area contributed by atoms with Gasteiger partial charge in [-0.3, -0.25) is 0 Å². The lowest BCUT2D eigenvalue weighted by Gasteiger charge is -2.34. The Morgan fingerprint density at radius 3 is 2.47 bits per heavy atom. The first-order chi connectivity index (χ1) is 6.99. The van der Waals surface area contributed by atoms with E-state index in [1.54, 1.807) is 0 Å². The van der Waals surface area contributed by atoms with E-state index in [-0.39, 0.29) is 12.0 Å². The molecular formula is C11H20F3N. The number of hydrogen-bond acceptors (Lipinski definition) is 1. The molecule has 0 aromatic rings. The topological polar surface area (TPSA) is 12.0 Å². The molecule has 3 atom stereocenters. The fraction of sp³-hybridized carbons (Fsp3) is 1.00. The van der Waals surface area contributed by atoms with Crippen LogP contribution in [0.1, 0.15) is 39.0 Å². The van der Waals surface area contributed by atoms with Gasteiger partial charge in [-0.2, -0.15) is 13.2 Å². The molecule has 1 N–H and O–H groups in total. The van der Waals surface area contributed by atoms with Gasteiger partial charge in [0.05, 0.1) is 5.92 Å². The van der Waals surface area contributed by atoms with Gasteiger partial charge in [0.25, 0.3) is 0 Å². The third-order valence-corrected chi connectivity index (χ3v) is 3.56. The number of alkyl halides is 3. The van der Waals surface area contributed by atoms with Crippen LogP contribution in [0.5, 0.6) is 0 Å². The van der Waals surface area contributed by atoms with Crippen LogP contribution in [0.15, 0.2) is 0 Å². The van der Waals surface area contributed by atoms with E-state index in [4.69, 9.17) is 0 Å². The van der Waals surface area contributed by atoms with Crippen molar-refractivity contribution in [1.82, 2.24) is 5.32 Å². The minimum atomic E-state index is -4.00. The average Bonchev–Trinajstić information content (AvgIpc) is 2.19. The van der Waals surface area contributed by atoms with Crippen molar-refractivity contribution < 1.29 is 13.2 Å². The van der Waals surface area contributed by atoms with E-state index in [1.165, 1.54) is 0 Å². The first kappa shape index (κ1) is 12.8. The molecule has 90 valence electrons. The Morgan fingerprint density at radius 2 is 2.00 bits per heavy atom. The average molecular weight is 223 g/mol. The molecule has 3 unspecified atom stereocenters. The lowest BCUT2D eigenvalue weighted by atomic mass is 9.77. The Labute approximate surface area is 89.4 Å². The van der Waals surface area contributed by atoms with Crippen LogP contribution in [0.3, 0.4) is 0 Å². The van der Waals surface area contributed by atoms with Crippen LogP contribution in [-0.4, -0.2) is 19.3 Å². The zero-order chi connectivity index (χ0) is 11.5. The van der Waals surface area contributed by atoms with Crippen molar-refractivity contribution in [2.45, 2.75) is 51.2 Å². The Hall–Kier alpha value is -0.250.